The molecule has 2 aromatic carbocycles. The Hall–Kier alpha value is -3.05. The minimum atomic E-state index is -4.04. The average molecular weight is 773 g/mol. The highest BCUT2D eigenvalue weighted by atomic mass is 79.9. The fourth-order valence-electron chi connectivity index (χ4n) is 4.44. The lowest BCUT2D eigenvalue weighted by Crippen LogP contribution is -2.76. The Morgan fingerprint density at radius 1 is 0.953 bits per heavy atom. The van der Waals surface area contributed by atoms with E-state index in [1.54, 1.807) is 24.3 Å². The van der Waals surface area contributed by atoms with Gasteiger partial charge in [-0.05, 0) is 48.5 Å². The first-order valence-corrected chi connectivity index (χ1v) is 16.3. The van der Waals surface area contributed by atoms with Crippen LogP contribution in [0.25, 0.3) is 0 Å². The minimum absolute atomic E-state index is 0.0355. The fraction of sp³-hybridized carbons (Fsp3) is 0.318. The normalized spacial score (nSPS) is 23.5. The van der Waals surface area contributed by atoms with Crippen LogP contribution >= 0.6 is 31.9 Å². The number of benzene rings is 2. The minimum Gasteiger partial charge on any atom is -0.447 e. The average Bonchev–Trinajstić information content (AvgIpc) is 3.38. The molecule has 0 bridgehead atoms. The smallest absolute Gasteiger partial charge is 0.404 e. The lowest BCUT2D eigenvalue weighted by molar-refractivity contribution is -0.221. The van der Waals surface area contributed by atoms with Gasteiger partial charge in [-0.25, -0.2) is 14.8 Å². The van der Waals surface area contributed by atoms with Gasteiger partial charge in [0.25, 0.3) is 20.2 Å². The number of hydrogen-bond donors (Lipinski definition) is 8. The van der Waals surface area contributed by atoms with E-state index in [2.05, 4.69) is 47.2 Å². The number of primary amides is 1. The van der Waals surface area contributed by atoms with Gasteiger partial charge in [0.05, 0.1) is 9.79 Å². The summed E-state index contributed by atoms with van der Waals surface area (Å²) in [6.07, 6.45) is -0.923. The summed E-state index contributed by atoms with van der Waals surface area (Å²) < 4.78 is 65.3. The number of halogens is 2. The van der Waals surface area contributed by atoms with Crippen LogP contribution in [-0.4, -0.2) is 95.8 Å². The molecule has 21 heteroatoms. The van der Waals surface area contributed by atoms with E-state index in [1.165, 1.54) is 29.2 Å². The number of rotatable bonds is 4. The van der Waals surface area contributed by atoms with Crippen molar-refractivity contribution in [1.82, 2.24) is 10.2 Å². The fourth-order valence-corrected chi connectivity index (χ4v) is 5.93. The molecule has 1 fully saturated rings. The van der Waals surface area contributed by atoms with Crippen LogP contribution in [0.1, 0.15) is 6.42 Å². The lowest BCUT2D eigenvalue weighted by atomic mass is 9.87. The summed E-state index contributed by atoms with van der Waals surface area (Å²) in [5.41, 5.74) is 15.1. The van der Waals surface area contributed by atoms with Gasteiger partial charge in [-0.2, -0.15) is 16.8 Å². The molecular formula is C22H27Br2N7O10S2. The van der Waals surface area contributed by atoms with Gasteiger partial charge in [0, 0.05) is 21.9 Å². The first-order valence-electron chi connectivity index (χ1n) is 11.8. The number of aliphatic hydroxyl groups is 2. The van der Waals surface area contributed by atoms with Gasteiger partial charge in [-0.3, -0.25) is 9.11 Å². The Bertz CT molecular complexity index is 1550. The number of nitrogens with one attached hydrogen (secondary N) is 1. The number of hydrogen-bond acceptors (Lipinski definition) is 14. The number of carbonyl (C=O) groups is 1. The quantitative estimate of drug-likeness (QED) is 0.144. The van der Waals surface area contributed by atoms with Crippen molar-refractivity contribution in [3.05, 3.63) is 57.5 Å². The second-order valence-electron chi connectivity index (χ2n) is 9.11. The van der Waals surface area contributed by atoms with Gasteiger partial charge >= 0.3 is 6.09 Å². The van der Waals surface area contributed by atoms with E-state index in [0.29, 0.717) is 0 Å². The standard InChI is InChI=1S/C10H17N7O4.2C6H5BrO3S/c11-6-15-5-4(3-21-8(13)18)14-7(12)17-2-1-9(19,20)10(5,17)16-6;2*7-5-1-3-6(4-2-5)11(8,9)10/h4-5,19-20H,1-3H2,(H2,12,14)(H2,13,18)(H3,11,15,16);2*1-4H,(H,8,9,10)/t4-,5-,10?;;/m0../s1. The molecule has 17 nitrogen and oxygen atoms in total. The van der Waals surface area contributed by atoms with Crippen LogP contribution in [0.15, 0.2) is 77.3 Å². The van der Waals surface area contributed by atoms with Crippen molar-refractivity contribution in [1.29, 1.82) is 0 Å². The number of amides is 1. The van der Waals surface area contributed by atoms with E-state index >= 15 is 0 Å². The Labute approximate surface area is 262 Å². The van der Waals surface area contributed by atoms with Gasteiger partial charge in [0.2, 0.25) is 5.79 Å². The highest BCUT2D eigenvalue weighted by Gasteiger charge is 2.69. The maximum absolute atomic E-state index is 10.8. The molecule has 3 heterocycles. The zero-order chi connectivity index (χ0) is 32.4. The molecule has 1 spiro atoms. The number of nitrogens with zero attached hydrogens (tertiary/aromatic N) is 3. The van der Waals surface area contributed by atoms with Crippen LogP contribution in [0, 0.1) is 0 Å². The number of ether oxygens (including phenoxy) is 1. The van der Waals surface area contributed by atoms with E-state index in [9.17, 15) is 31.8 Å². The second kappa shape index (κ2) is 12.9. The monoisotopic (exact) mass is 771 g/mol. The zero-order valence-electron chi connectivity index (χ0n) is 21.8. The number of carbonyl (C=O) groups excluding carboxylic acids is 1. The molecule has 43 heavy (non-hydrogen) atoms. The van der Waals surface area contributed by atoms with Crippen LogP contribution in [0.4, 0.5) is 4.79 Å². The molecule has 3 atom stereocenters. The molecule has 0 saturated carbocycles. The Morgan fingerprint density at radius 2 is 1.42 bits per heavy atom. The van der Waals surface area contributed by atoms with Crippen LogP contribution in [0.5, 0.6) is 0 Å². The molecule has 0 radical (unpaired) electrons. The van der Waals surface area contributed by atoms with E-state index < -0.39 is 49.9 Å². The maximum atomic E-state index is 10.8. The van der Waals surface area contributed by atoms with Crippen molar-refractivity contribution in [3.63, 3.8) is 0 Å². The van der Waals surface area contributed by atoms with Gasteiger partial charge < -0.3 is 42.4 Å². The Balaban J connectivity index is 0.000000195. The van der Waals surface area contributed by atoms with Crippen LogP contribution in [0.2, 0.25) is 0 Å². The van der Waals surface area contributed by atoms with Crippen molar-refractivity contribution in [3.8, 4) is 0 Å². The largest absolute Gasteiger partial charge is 0.447 e. The predicted molar refractivity (Wildman–Crippen MR) is 159 cm³/mol. The molecule has 5 rings (SSSR count). The molecule has 0 aromatic heterocycles. The summed E-state index contributed by atoms with van der Waals surface area (Å²) in [4.78, 5) is 20.4. The van der Waals surface area contributed by atoms with Crippen molar-refractivity contribution in [2.45, 2.75) is 39.7 Å². The van der Waals surface area contributed by atoms with E-state index in [4.69, 9.17) is 31.0 Å². The third-order valence-corrected chi connectivity index (χ3v) is 9.10. The summed E-state index contributed by atoms with van der Waals surface area (Å²) >= 11 is 6.27. The van der Waals surface area contributed by atoms with Crippen molar-refractivity contribution in [2.24, 2.45) is 27.2 Å². The zero-order valence-corrected chi connectivity index (χ0v) is 26.6. The van der Waals surface area contributed by atoms with Crippen molar-refractivity contribution in [2.75, 3.05) is 13.2 Å². The molecule has 0 aliphatic carbocycles. The number of guanidine groups is 2. The van der Waals surface area contributed by atoms with Crippen LogP contribution < -0.4 is 22.5 Å². The van der Waals surface area contributed by atoms with Gasteiger partial charge in [0.15, 0.2) is 17.6 Å². The van der Waals surface area contributed by atoms with Crippen molar-refractivity contribution < 1.29 is 45.7 Å². The first-order chi connectivity index (χ1) is 19.8. The molecule has 1 unspecified atom stereocenters. The molecule has 2 aromatic rings. The van der Waals surface area contributed by atoms with E-state index in [0.717, 1.165) is 8.95 Å². The highest BCUT2D eigenvalue weighted by molar-refractivity contribution is 9.10. The Morgan fingerprint density at radius 3 is 1.84 bits per heavy atom. The van der Waals surface area contributed by atoms with Crippen molar-refractivity contribution >= 4 is 70.1 Å². The molecule has 1 saturated heterocycles. The molecular weight excluding hydrogens is 746 g/mol. The predicted octanol–water partition coefficient (Wildman–Crippen LogP) is -0.460. The lowest BCUT2D eigenvalue weighted by Gasteiger charge is -2.48. The van der Waals surface area contributed by atoms with Crippen LogP contribution in [-0.2, 0) is 25.0 Å². The van der Waals surface area contributed by atoms with Gasteiger partial charge in [-0.15, -0.1) is 0 Å². The summed E-state index contributed by atoms with van der Waals surface area (Å²) in [5, 5.41) is 23.5. The van der Waals surface area contributed by atoms with Gasteiger partial charge in [0.1, 0.15) is 18.7 Å². The molecule has 3 aliphatic rings. The second-order valence-corrected chi connectivity index (χ2v) is 13.8. The van der Waals surface area contributed by atoms with Gasteiger partial charge in [-0.1, -0.05) is 31.9 Å². The van der Waals surface area contributed by atoms with Crippen LogP contribution in [0.3, 0.4) is 0 Å². The third-order valence-electron chi connectivity index (χ3n) is 6.30. The molecule has 1 amide bonds. The topological polar surface area (TPSA) is 294 Å². The van der Waals surface area contributed by atoms with E-state index in [1.807, 2.05) is 0 Å². The molecule has 3 aliphatic heterocycles. The summed E-state index contributed by atoms with van der Waals surface area (Å²) in [7, 11) is -8.08. The Kier molecular flexibility index (Phi) is 10.3. The number of aliphatic imine (C=N–C) groups is 2. The molecule has 11 N–H and O–H groups in total. The third kappa shape index (κ3) is 7.92. The summed E-state index contributed by atoms with van der Waals surface area (Å²) in [6.45, 7) is 0.0862. The SMILES string of the molecule is NC(=O)OC[C@@H]1N=C(N)N2CCC(O)(O)C23NC(N)=N[C@@H]13.O=S(=O)(O)c1ccc(Br)cc1.O=S(=O)(O)c1ccc(Br)cc1. The summed E-state index contributed by atoms with van der Waals surface area (Å²) in [5.74, 6) is -1.99. The highest BCUT2D eigenvalue weighted by Crippen LogP contribution is 2.44. The van der Waals surface area contributed by atoms with E-state index in [-0.39, 0.29) is 41.3 Å². The molecule has 236 valence electrons. The maximum Gasteiger partial charge on any atom is 0.404 e. The summed E-state index contributed by atoms with van der Waals surface area (Å²) in [6, 6.07) is 9.96. The number of nitrogens with two attached hydrogens (primary N) is 3. The first kappa shape index (κ1) is 34.4.